The van der Waals surface area contributed by atoms with Gasteiger partial charge in [0.15, 0.2) is 17.5 Å². The predicted octanol–water partition coefficient (Wildman–Crippen LogP) is 2.45. The lowest BCUT2D eigenvalue weighted by molar-refractivity contribution is 0.0695. The molecule has 0 saturated heterocycles. The zero-order valence-corrected chi connectivity index (χ0v) is 10.2. The van der Waals surface area contributed by atoms with Crippen LogP contribution in [0.1, 0.15) is 20.8 Å². The second-order valence-electron chi connectivity index (χ2n) is 3.91. The highest BCUT2D eigenvalue weighted by Gasteiger charge is 2.16. The predicted molar refractivity (Wildman–Crippen MR) is 65.5 cm³/mol. The number of halogens is 3. The number of anilines is 1. The Morgan fingerprint density at radius 1 is 1.05 bits per heavy atom. The summed E-state index contributed by atoms with van der Waals surface area (Å²) < 4.78 is 39.1. The SMILES string of the molecule is O=C(O)c1ccc(C(=O)Nc2ccc(F)c(F)c2F)nc1. The molecule has 0 unspecified atom stereocenters. The maximum Gasteiger partial charge on any atom is 0.337 e. The van der Waals surface area contributed by atoms with E-state index in [-0.39, 0.29) is 11.3 Å². The molecular formula is C13H7F3N2O3. The van der Waals surface area contributed by atoms with E-state index < -0.39 is 35.0 Å². The van der Waals surface area contributed by atoms with Crippen LogP contribution in [0.25, 0.3) is 0 Å². The van der Waals surface area contributed by atoms with Gasteiger partial charge in [0.05, 0.1) is 11.3 Å². The van der Waals surface area contributed by atoms with Crippen molar-refractivity contribution in [2.75, 3.05) is 5.32 Å². The van der Waals surface area contributed by atoms with E-state index in [2.05, 4.69) is 4.98 Å². The Kier molecular flexibility index (Phi) is 3.88. The molecule has 8 heteroatoms. The average Bonchev–Trinajstić information content (AvgIpc) is 2.48. The second kappa shape index (κ2) is 5.61. The summed E-state index contributed by atoms with van der Waals surface area (Å²) in [4.78, 5) is 25.9. The van der Waals surface area contributed by atoms with E-state index in [4.69, 9.17) is 5.11 Å². The molecule has 2 N–H and O–H groups in total. The third kappa shape index (κ3) is 2.99. The second-order valence-corrected chi connectivity index (χ2v) is 3.91. The molecule has 0 aliphatic carbocycles. The van der Waals surface area contributed by atoms with Gasteiger partial charge in [-0.3, -0.25) is 9.78 Å². The Morgan fingerprint density at radius 3 is 2.33 bits per heavy atom. The van der Waals surface area contributed by atoms with Crippen molar-refractivity contribution in [1.29, 1.82) is 0 Å². The summed E-state index contributed by atoms with van der Waals surface area (Å²) in [6.07, 6.45) is 0.943. The van der Waals surface area contributed by atoms with Crippen LogP contribution >= 0.6 is 0 Å². The van der Waals surface area contributed by atoms with Gasteiger partial charge in [0.1, 0.15) is 5.69 Å². The summed E-state index contributed by atoms with van der Waals surface area (Å²) in [6.45, 7) is 0. The molecule has 2 aromatic rings. The Hall–Kier alpha value is -2.90. The van der Waals surface area contributed by atoms with Gasteiger partial charge < -0.3 is 10.4 Å². The fourth-order valence-corrected chi connectivity index (χ4v) is 1.46. The highest BCUT2D eigenvalue weighted by atomic mass is 19.2. The summed E-state index contributed by atoms with van der Waals surface area (Å²) in [5.41, 5.74) is -0.891. The quantitative estimate of drug-likeness (QED) is 0.853. The molecule has 2 rings (SSSR count). The zero-order valence-electron chi connectivity index (χ0n) is 10.2. The van der Waals surface area contributed by atoms with E-state index in [0.717, 1.165) is 24.4 Å². The first-order chi connectivity index (χ1) is 9.90. The Bertz CT molecular complexity index is 717. The van der Waals surface area contributed by atoms with E-state index in [1.807, 2.05) is 5.32 Å². The molecule has 0 aliphatic rings. The molecule has 0 saturated carbocycles. The molecule has 1 amide bonds. The van der Waals surface area contributed by atoms with Crippen molar-refractivity contribution in [3.63, 3.8) is 0 Å². The van der Waals surface area contributed by atoms with Gasteiger partial charge in [-0.25, -0.2) is 18.0 Å². The number of nitrogens with zero attached hydrogens (tertiary/aromatic N) is 1. The Morgan fingerprint density at radius 2 is 1.76 bits per heavy atom. The Labute approximate surface area is 116 Å². The Balaban J connectivity index is 2.22. The van der Waals surface area contributed by atoms with Gasteiger partial charge in [0.25, 0.3) is 5.91 Å². The van der Waals surface area contributed by atoms with Crippen LogP contribution in [0.3, 0.4) is 0 Å². The summed E-state index contributed by atoms with van der Waals surface area (Å²) in [6, 6.07) is 3.76. The van der Waals surface area contributed by atoms with E-state index in [1.54, 1.807) is 0 Å². The van der Waals surface area contributed by atoms with Gasteiger partial charge in [-0.05, 0) is 24.3 Å². The topological polar surface area (TPSA) is 79.3 Å². The van der Waals surface area contributed by atoms with Crippen molar-refractivity contribution >= 4 is 17.6 Å². The molecule has 1 aromatic heterocycles. The molecule has 1 aromatic carbocycles. The summed E-state index contributed by atoms with van der Waals surface area (Å²) in [5.74, 6) is -6.74. The lowest BCUT2D eigenvalue weighted by Crippen LogP contribution is -2.15. The van der Waals surface area contributed by atoms with Crippen molar-refractivity contribution in [1.82, 2.24) is 4.98 Å². The van der Waals surface area contributed by atoms with Crippen LogP contribution in [-0.4, -0.2) is 22.0 Å². The summed E-state index contributed by atoms with van der Waals surface area (Å²) in [7, 11) is 0. The maximum absolute atomic E-state index is 13.4. The molecule has 0 atom stereocenters. The lowest BCUT2D eigenvalue weighted by atomic mass is 10.2. The number of aromatic carboxylic acids is 1. The van der Waals surface area contributed by atoms with Gasteiger partial charge in [-0.15, -0.1) is 0 Å². The first kappa shape index (κ1) is 14.5. The smallest absolute Gasteiger partial charge is 0.337 e. The third-order valence-corrected chi connectivity index (χ3v) is 2.53. The molecule has 0 spiro atoms. The van der Waals surface area contributed by atoms with E-state index in [1.165, 1.54) is 0 Å². The van der Waals surface area contributed by atoms with Gasteiger partial charge in [0.2, 0.25) is 0 Å². The number of hydrogen-bond donors (Lipinski definition) is 2. The number of benzene rings is 1. The number of amides is 1. The molecule has 0 fully saturated rings. The highest BCUT2D eigenvalue weighted by molar-refractivity contribution is 6.03. The standard InChI is InChI=1S/C13H7F3N2O3/c14-7-2-4-8(11(16)10(7)15)18-12(19)9-3-1-6(5-17-9)13(20)21/h1-5H,(H,18,19)(H,20,21). The molecular weight excluding hydrogens is 289 g/mol. The molecule has 108 valence electrons. The van der Waals surface area contributed by atoms with Crippen LogP contribution in [0.4, 0.5) is 18.9 Å². The van der Waals surface area contributed by atoms with Crippen LogP contribution < -0.4 is 5.32 Å². The van der Waals surface area contributed by atoms with Crippen molar-refractivity contribution in [3.05, 3.63) is 59.2 Å². The summed E-state index contributed by atoms with van der Waals surface area (Å²) in [5, 5.41) is 10.7. The number of rotatable bonds is 3. The minimum atomic E-state index is -1.71. The fourth-order valence-electron chi connectivity index (χ4n) is 1.46. The number of pyridine rings is 1. The van der Waals surface area contributed by atoms with Crippen molar-refractivity contribution in [2.24, 2.45) is 0 Å². The van der Waals surface area contributed by atoms with Crippen LogP contribution in [0.15, 0.2) is 30.5 Å². The van der Waals surface area contributed by atoms with Crippen LogP contribution in [0.5, 0.6) is 0 Å². The molecule has 5 nitrogen and oxygen atoms in total. The molecule has 21 heavy (non-hydrogen) atoms. The average molecular weight is 296 g/mol. The van der Waals surface area contributed by atoms with Gasteiger partial charge in [-0.1, -0.05) is 0 Å². The van der Waals surface area contributed by atoms with Crippen molar-refractivity contribution < 1.29 is 27.9 Å². The number of hydrogen-bond acceptors (Lipinski definition) is 3. The normalized spacial score (nSPS) is 10.2. The van der Waals surface area contributed by atoms with Crippen molar-refractivity contribution in [2.45, 2.75) is 0 Å². The van der Waals surface area contributed by atoms with Crippen molar-refractivity contribution in [3.8, 4) is 0 Å². The minimum absolute atomic E-state index is 0.134. The van der Waals surface area contributed by atoms with E-state index >= 15 is 0 Å². The maximum atomic E-state index is 13.4. The molecule has 0 bridgehead atoms. The van der Waals surface area contributed by atoms with Crippen LogP contribution in [0, 0.1) is 17.5 Å². The monoisotopic (exact) mass is 296 g/mol. The number of carboxylic acid groups (broad SMARTS) is 1. The number of carbonyl (C=O) groups excluding carboxylic acids is 1. The molecule has 0 aliphatic heterocycles. The molecule has 0 radical (unpaired) electrons. The third-order valence-electron chi connectivity index (χ3n) is 2.53. The number of carbonyl (C=O) groups is 2. The first-order valence-electron chi connectivity index (χ1n) is 5.54. The van der Waals surface area contributed by atoms with E-state index in [0.29, 0.717) is 6.07 Å². The number of carboxylic acids is 1. The molecule has 1 heterocycles. The lowest BCUT2D eigenvalue weighted by Gasteiger charge is -2.07. The number of nitrogens with one attached hydrogen (secondary N) is 1. The largest absolute Gasteiger partial charge is 0.478 e. The highest BCUT2D eigenvalue weighted by Crippen LogP contribution is 2.20. The summed E-state index contributed by atoms with van der Waals surface area (Å²) >= 11 is 0. The van der Waals surface area contributed by atoms with Gasteiger partial charge in [-0.2, -0.15) is 0 Å². The zero-order chi connectivity index (χ0) is 15.6. The van der Waals surface area contributed by atoms with Gasteiger partial charge >= 0.3 is 5.97 Å². The number of aromatic nitrogens is 1. The first-order valence-corrected chi connectivity index (χ1v) is 5.54. The van der Waals surface area contributed by atoms with Crippen LogP contribution in [0.2, 0.25) is 0 Å². The minimum Gasteiger partial charge on any atom is -0.478 e. The van der Waals surface area contributed by atoms with Crippen LogP contribution in [-0.2, 0) is 0 Å². The van der Waals surface area contributed by atoms with E-state index in [9.17, 15) is 22.8 Å². The van der Waals surface area contributed by atoms with Gasteiger partial charge in [0, 0.05) is 6.20 Å². The fraction of sp³-hybridized carbons (Fsp3) is 0.